The van der Waals surface area contributed by atoms with Gasteiger partial charge in [-0.1, -0.05) is 42.5 Å². The number of benzene rings is 3. The Balaban J connectivity index is 1.62. The number of carboxylic acid groups (broad SMARTS) is 1. The van der Waals surface area contributed by atoms with Crippen LogP contribution in [0.1, 0.15) is 38.3 Å². The maximum Gasteiger partial charge on any atom is 0.352 e. The highest BCUT2D eigenvalue weighted by molar-refractivity contribution is 5.98. The molecule has 4 aromatic rings. The average molecular weight is 473 g/mol. The van der Waals surface area contributed by atoms with Crippen molar-refractivity contribution in [2.24, 2.45) is 0 Å². The fourth-order valence-corrected chi connectivity index (χ4v) is 4.57. The molecule has 0 fully saturated rings. The van der Waals surface area contributed by atoms with E-state index in [4.69, 9.17) is 9.47 Å². The highest BCUT2D eigenvalue weighted by atomic mass is 16.5. The normalized spacial score (nSPS) is 11.1. The largest absolute Gasteiger partial charge is 0.497 e. The molecule has 0 unspecified atom stereocenters. The summed E-state index contributed by atoms with van der Waals surface area (Å²) in [5, 5.41) is 14.7. The summed E-state index contributed by atoms with van der Waals surface area (Å²) in [6.45, 7) is 5.74. The van der Waals surface area contributed by atoms with Gasteiger partial charge in [-0.15, -0.1) is 0 Å². The Morgan fingerprint density at radius 2 is 1.77 bits per heavy atom. The van der Waals surface area contributed by atoms with E-state index in [1.54, 1.807) is 14.2 Å². The van der Waals surface area contributed by atoms with Crippen LogP contribution in [-0.4, -0.2) is 36.4 Å². The maximum atomic E-state index is 12.5. The average Bonchev–Trinajstić information content (AvgIpc) is 3.15. The van der Waals surface area contributed by atoms with E-state index in [0.717, 1.165) is 56.6 Å². The number of aromatic carboxylic acids is 1. The fraction of sp³-hybridized carbons (Fsp3) is 0.276. The van der Waals surface area contributed by atoms with E-state index < -0.39 is 5.97 Å². The van der Waals surface area contributed by atoms with Crippen molar-refractivity contribution in [3.05, 3.63) is 94.2 Å². The second-order valence-corrected chi connectivity index (χ2v) is 8.77. The van der Waals surface area contributed by atoms with Crippen LogP contribution in [0.15, 0.2) is 60.7 Å². The van der Waals surface area contributed by atoms with Crippen LogP contribution in [0, 0.1) is 13.8 Å². The summed E-state index contributed by atoms with van der Waals surface area (Å²) in [5.74, 6) is 0.616. The molecule has 35 heavy (non-hydrogen) atoms. The number of hydrogen-bond acceptors (Lipinski definition) is 4. The summed E-state index contributed by atoms with van der Waals surface area (Å²) in [6.07, 6.45) is 0.747. The third-order valence-corrected chi connectivity index (χ3v) is 6.48. The second kappa shape index (κ2) is 10.7. The summed E-state index contributed by atoms with van der Waals surface area (Å²) in [4.78, 5) is 12.5. The molecule has 182 valence electrons. The number of carboxylic acids is 1. The van der Waals surface area contributed by atoms with E-state index in [1.807, 2.05) is 54.0 Å². The number of rotatable bonds is 10. The van der Waals surface area contributed by atoms with Crippen molar-refractivity contribution in [2.75, 3.05) is 20.8 Å². The Kier molecular flexibility index (Phi) is 7.42. The minimum atomic E-state index is -0.916. The van der Waals surface area contributed by atoms with Crippen molar-refractivity contribution < 1.29 is 19.4 Å². The molecule has 4 rings (SSSR count). The highest BCUT2D eigenvalue weighted by Crippen LogP contribution is 2.29. The van der Waals surface area contributed by atoms with Crippen molar-refractivity contribution >= 4 is 16.9 Å². The number of nitrogens with one attached hydrogen (secondary N) is 1. The van der Waals surface area contributed by atoms with Crippen LogP contribution in [-0.2, 0) is 19.5 Å². The van der Waals surface area contributed by atoms with Gasteiger partial charge in [0.2, 0.25) is 0 Å². The lowest BCUT2D eigenvalue weighted by Crippen LogP contribution is -2.20. The first-order valence-corrected chi connectivity index (χ1v) is 11.7. The van der Waals surface area contributed by atoms with Gasteiger partial charge in [0.25, 0.3) is 0 Å². The molecule has 0 bridgehead atoms. The SMILES string of the molecule is COc1ccc(CCNCc2c(C(=O)O)n(Cc3ccccc3C)c3cc(C)ccc23)c(OC)c1. The van der Waals surface area contributed by atoms with Gasteiger partial charge in [0.05, 0.1) is 14.2 Å². The van der Waals surface area contributed by atoms with Gasteiger partial charge in [-0.2, -0.15) is 0 Å². The Morgan fingerprint density at radius 3 is 2.49 bits per heavy atom. The van der Waals surface area contributed by atoms with Crippen molar-refractivity contribution in [2.45, 2.75) is 33.4 Å². The number of aryl methyl sites for hydroxylation is 2. The molecule has 0 amide bonds. The van der Waals surface area contributed by atoms with Crippen LogP contribution in [0.2, 0.25) is 0 Å². The minimum absolute atomic E-state index is 0.336. The van der Waals surface area contributed by atoms with Gasteiger partial charge in [-0.05, 0) is 61.2 Å². The molecule has 0 aliphatic carbocycles. The number of fused-ring (bicyclic) bond motifs is 1. The maximum absolute atomic E-state index is 12.5. The Bertz CT molecular complexity index is 1360. The predicted molar refractivity (Wildman–Crippen MR) is 139 cm³/mol. The lowest BCUT2D eigenvalue weighted by atomic mass is 10.1. The fourth-order valence-electron chi connectivity index (χ4n) is 4.57. The first-order valence-electron chi connectivity index (χ1n) is 11.7. The molecule has 2 N–H and O–H groups in total. The number of nitrogens with zero attached hydrogens (tertiary/aromatic N) is 1. The summed E-state index contributed by atoms with van der Waals surface area (Å²) < 4.78 is 12.7. The topological polar surface area (TPSA) is 72.7 Å². The lowest BCUT2D eigenvalue weighted by molar-refractivity contribution is 0.0684. The monoisotopic (exact) mass is 472 g/mol. The summed E-state index contributed by atoms with van der Waals surface area (Å²) in [5.41, 5.74) is 6.51. The quantitative estimate of drug-likeness (QED) is 0.304. The molecule has 1 aromatic heterocycles. The van der Waals surface area contributed by atoms with Gasteiger partial charge in [0.15, 0.2) is 0 Å². The van der Waals surface area contributed by atoms with E-state index in [0.29, 0.717) is 25.3 Å². The van der Waals surface area contributed by atoms with Gasteiger partial charge in [0, 0.05) is 35.6 Å². The van der Waals surface area contributed by atoms with E-state index in [2.05, 4.69) is 30.4 Å². The Labute approximate surface area is 206 Å². The van der Waals surface area contributed by atoms with E-state index in [-0.39, 0.29) is 0 Å². The zero-order valence-corrected chi connectivity index (χ0v) is 20.7. The lowest BCUT2D eigenvalue weighted by Gasteiger charge is -2.12. The number of methoxy groups -OCH3 is 2. The second-order valence-electron chi connectivity index (χ2n) is 8.77. The van der Waals surface area contributed by atoms with Crippen LogP contribution >= 0.6 is 0 Å². The summed E-state index contributed by atoms with van der Waals surface area (Å²) in [7, 11) is 3.28. The van der Waals surface area contributed by atoms with Crippen molar-refractivity contribution in [3.8, 4) is 11.5 Å². The van der Waals surface area contributed by atoms with Gasteiger partial charge in [-0.25, -0.2) is 4.79 Å². The van der Waals surface area contributed by atoms with Gasteiger partial charge in [0.1, 0.15) is 17.2 Å². The van der Waals surface area contributed by atoms with Gasteiger partial charge >= 0.3 is 5.97 Å². The van der Waals surface area contributed by atoms with Gasteiger partial charge < -0.3 is 24.5 Å². The van der Waals surface area contributed by atoms with Crippen LogP contribution < -0.4 is 14.8 Å². The molecule has 0 aliphatic rings. The van der Waals surface area contributed by atoms with Crippen LogP contribution in [0.3, 0.4) is 0 Å². The third kappa shape index (κ3) is 5.17. The Morgan fingerprint density at radius 1 is 0.971 bits per heavy atom. The zero-order chi connectivity index (χ0) is 24.9. The van der Waals surface area contributed by atoms with Crippen molar-refractivity contribution in [3.63, 3.8) is 0 Å². The molecule has 0 radical (unpaired) electrons. The molecule has 0 atom stereocenters. The van der Waals surface area contributed by atoms with Crippen molar-refractivity contribution in [1.29, 1.82) is 0 Å². The van der Waals surface area contributed by atoms with E-state index in [9.17, 15) is 9.90 Å². The predicted octanol–water partition coefficient (Wildman–Crippen LogP) is 5.35. The van der Waals surface area contributed by atoms with Crippen LogP contribution in [0.4, 0.5) is 0 Å². The molecular formula is C29H32N2O4. The van der Waals surface area contributed by atoms with Crippen LogP contribution in [0.25, 0.3) is 10.9 Å². The van der Waals surface area contributed by atoms with E-state index >= 15 is 0 Å². The summed E-state index contributed by atoms with van der Waals surface area (Å²) >= 11 is 0. The molecule has 0 saturated carbocycles. The van der Waals surface area contributed by atoms with Crippen molar-refractivity contribution in [1.82, 2.24) is 9.88 Å². The summed E-state index contributed by atoms with van der Waals surface area (Å²) in [6, 6.07) is 20.1. The van der Waals surface area contributed by atoms with E-state index in [1.165, 1.54) is 0 Å². The molecule has 6 nitrogen and oxygen atoms in total. The number of aromatic nitrogens is 1. The third-order valence-electron chi connectivity index (χ3n) is 6.48. The number of hydrogen-bond donors (Lipinski definition) is 2. The molecule has 0 saturated heterocycles. The van der Waals surface area contributed by atoms with Gasteiger partial charge in [-0.3, -0.25) is 0 Å². The standard InChI is InChI=1S/C29H32N2O4/c1-19-9-12-24-25(17-30-14-13-21-10-11-23(34-3)16-27(21)35-4)28(29(32)33)31(26(24)15-19)18-22-8-6-5-7-20(22)2/h5-12,15-16,30H,13-14,17-18H2,1-4H3,(H,32,33). The number of ether oxygens (including phenoxy) is 2. The molecular weight excluding hydrogens is 440 g/mol. The Hall–Kier alpha value is -3.77. The molecule has 3 aromatic carbocycles. The minimum Gasteiger partial charge on any atom is -0.497 e. The number of carbonyl (C=O) groups is 1. The smallest absolute Gasteiger partial charge is 0.352 e. The first kappa shape index (κ1) is 24.4. The molecule has 6 heteroatoms. The molecule has 0 spiro atoms. The highest BCUT2D eigenvalue weighted by Gasteiger charge is 2.22. The molecule has 1 heterocycles. The zero-order valence-electron chi connectivity index (χ0n) is 20.7. The van der Waals surface area contributed by atoms with Crippen LogP contribution in [0.5, 0.6) is 11.5 Å². The first-order chi connectivity index (χ1) is 16.9. The molecule has 0 aliphatic heterocycles.